The van der Waals surface area contributed by atoms with Crippen LogP contribution in [0, 0.1) is 11.8 Å². The van der Waals surface area contributed by atoms with E-state index in [1.54, 1.807) is 6.92 Å². The molecule has 0 radical (unpaired) electrons. The van der Waals surface area contributed by atoms with Crippen LogP contribution in [0.3, 0.4) is 0 Å². The molecule has 1 aromatic carbocycles. The molecule has 2 heterocycles. The van der Waals surface area contributed by atoms with Gasteiger partial charge >= 0.3 is 0 Å². The second-order valence-corrected chi connectivity index (χ2v) is 8.77. The predicted octanol–water partition coefficient (Wildman–Crippen LogP) is 2.59. The Labute approximate surface area is 162 Å². The summed E-state index contributed by atoms with van der Waals surface area (Å²) in [6.07, 6.45) is 5.32. The largest absolute Gasteiger partial charge is 0.347 e. The fraction of sp³-hybridized carbons (Fsp3) is 0.636. The highest BCUT2D eigenvalue weighted by molar-refractivity contribution is 5.81. The first-order valence-corrected chi connectivity index (χ1v) is 10.3. The average Bonchev–Trinajstić information content (AvgIpc) is 3.27. The standard InChI is InChI=1S/C22H31N3O2/c1-16(26)23-22-14-24(2)13-12-19(22)20(17-8-4-3-5-9-17)25(15-22)21(27)18-10-6-7-11-18/h3-5,8-9,18-20H,6-7,10-15H2,1-2H3,(H,23,26)/t19-,20-,22-/m1/s1. The van der Waals surface area contributed by atoms with Crippen LogP contribution >= 0.6 is 0 Å². The van der Waals surface area contributed by atoms with Crippen LogP contribution in [0.4, 0.5) is 0 Å². The summed E-state index contributed by atoms with van der Waals surface area (Å²) < 4.78 is 0. The highest BCUT2D eigenvalue weighted by Crippen LogP contribution is 2.48. The van der Waals surface area contributed by atoms with Gasteiger partial charge in [0.2, 0.25) is 11.8 Å². The van der Waals surface area contributed by atoms with Gasteiger partial charge in [0.05, 0.1) is 11.6 Å². The van der Waals surface area contributed by atoms with Gasteiger partial charge < -0.3 is 15.1 Å². The topological polar surface area (TPSA) is 52.7 Å². The van der Waals surface area contributed by atoms with Gasteiger partial charge in [-0.25, -0.2) is 0 Å². The number of fused-ring (bicyclic) bond motifs is 1. The second-order valence-electron chi connectivity index (χ2n) is 8.77. The summed E-state index contributed by atoms with van der Waals surface area (Å²) in [7, 11) is 2.11. The van der Waals surface area contributed by atoms with Crippen molar-refractivity contribution >= 4 is 11.8 Å². The van der Waals surface area contributed by atoms with Gasteiger partial charge in [0, 0.05) is 31.8 Å². The van der Waals surface area contributed by atoms with Crippen molar-refractivity contribution in [2.24, 2.45) is 11.8 Å². The number of nitrogens with one attached hydrogen (secondary N) is 1. The third kappa shape index (κ3) is 3.38. The van der Waals surface area contributed by atoms with E-state index in [1.807, 2.05) is 6.07 Å². The zero-order chi connectivity index (χ0) is 19.0. The van der Waals surface area contributed by atoms with Crippen LogP contribution in [0.2, 0.25) is 0 Å². The summed E-state index contributed by atoms with van der Waals surface area (Å²) in [5.74, 6) is 0.703. The van der Waals surface area contributed by atoms with Gasteiger partial charge in [-0.05, 0) is 38.4 Å². The third-order valence-corrected chi connectivity index (χ3v) is 6.81. The van der Waals surface area contributed by atoms with Crippen molar-refractivity contribution in [3.63, 3.8) is 0 Å². The molecule has 2 aliphatic heterocycles. The fourth-order valence-corrected chi connectivity index (χ4v) is 5.77. The van der Waals surface area contributed by atoms with Crippen molar-refractivity contribution in [1.29, 1.82) is 0 Å². The zero-order valence-electron chi connectivity index (χ0n) is 16.5. The van der Waals surface area contributed by atoms with Gasteiger partial charge in [-0.15, -0.1) is 0 Å². The highest BCUT2D eigenvalue weighted by Gasteiger charge is 2.57. The Bertz CT molecular complexity index is 701. The number of amides is 2. The number of hydrogen-bond acceptors (Lipinski definition) is 3. The van der Waals surface area contributed by atoms with Crippen LogP contribution in [0.1, 0.15) is 50.6 Å². The molecule has 0 bridgehead atoms. The Morgan fingerprint density at radius 2 is 1.78 bits per heavy atom. The molecule has 3 fully saturated rings. The van der Waals surface area contributed by atoms with E-state index >= 15 is 0 Å². The number of likely N-dealkylation sites (N-methyl/N-ethyl adjacent to an activating group) is 1. The zero-order valence-corrected chi connectivity index (χ0v) is 16.5. The van der Waals surface area contributed by atoms with E-state index in [1.165, 1.54) is 5.56 Å². The smallest absolute Gasteiger partial charge is 0.226 e. The Kier molecular flexibility index (Phi) is 4.97. The summed E-state index contributed by atoms with van der Waals surface area (Å²) in [5, 5.41) is 3.29. The van der Waals surface area contributed by atoms with Crippen molar-refractivity contribution in [2.75, 3.05) is 26.7 Å². The van der Waals surface area contributed by atoms with Crippen LogP contribution < -0.4 is 5.32 Å². The average molecular weight is 370 g/mol. The molecule has 4 rings (SSSR count). The number of hydrogen-bond donors (Lipinski definition) is 1. The molecular formula is C22H31N3O2. The van der Waals surface area contributed by atoms with Gasteiger partial charge in [0.25, 0.3) is 0 Å². The monoisotopic (exact) mass is 369 g/mol. The molecule has 0 aromatic heterocycles. The Balaban J connectivity index is 1.74. The number of likely N-dealkylation sites (tertiary alicyclic amines) is 2. The molecule has 146 valence electrons. The molecule has 2 amide bonds. The lowest BCUT2D eigenvalue weighted by Gasteiger charge is -2.44. The quantitative estimate of drug-likeness (QED) is 0.891. The molecule has 1 aromatic rings. The second kappa shape index (κ2) is 7.27. The van der Waals surface area contributed by atoms with E-state index in [0.717, 1.165) is 45.2 Å². The van der Waals surface area contributed by atoms with Crippen molar-refractivity contribution in [3.05, 3.63) is 35.9 Å². The maximum absolute atomic E-state index is 13.5. The van der Waals surface area contributed by atoms with Crippen LogP contribution in [0.15, 0.2) is 30.3 Å². The predicted molar refractivity (Wildman–Crippen MR) is 105 cm³/mol. The summed E-state index contributed by atoms with van der Waals surface area (Å²) >= 11 is 0. The van der Waals surface area contributed by atoms with E-state index < -0.39 is 0 Å². The molecule has 5 heteroatoms. The van der Waals surface area contributed by atoms with E-state index in [2.05, 4.69) is 46.4 Å². The van der Waals surface area contributed by atoms with E-state index in [-0.39, 0.29) is 29.3 Å². The molecule has 1 saturated carbocycles. The fourth-order valence-electron chi connectivity index (χ4n) is 5.77. The Hall–Kier alpha value is -1.88. The maximum Gasteiger partial charge on any atom is 0.226 e. The molecule has 3 atom stereocenters. The number of piperidine rings is 1. The number of nitrogens with zero attached hydrogens (tertiary/aromatic N) is 2. The Morgan fingerprint density at radius 1 is 1.07 bits per heavy atom. The molecule has 1 aliphatic carbocycles. The molecule has 2 saturated heterocycles. The molecule has 0 spiro atoms. The maximum atomic E-state index is 13.5. The van der Waals surface area contributed by atoms with Crippen LogP contribution in [-0.2, 0) is 9.59 Å². The number of carbonyl (C=O) groups is 2. The van der Waals surface area contributed by atoms with Crippen molar-refractivity contribution in [2.45, 2.75) is 50.6 Å². The van der Waals surface area contributed by atoms with Gasteiger partial charge in [-0.3, -0.25) is 9.59 Å². The van der Waals surface area contributed by atoms with Crippen molar-refractivity contribution < 1.29 is 9.59 Å². The van der Waals surface area contributed by atoms with Crippen molar-refractivity contribution in [1.82, 2.24) is 15.1 Å². The van der Waals surface area contributed by atoms with Crippen molar-refractivity contribution in [3.8, 4) is 0 Å². The number of benzene rings is 1. The van der Waals surface area contributed by atoms with Gasteiger partial charge in [0.15, 0.2) is 0 Å². The first-order chi connectivity index (χ1) is 13.0. The van der Waals surface area contributed by atoms with E-state index in [4.69, 9.17) is 0 Å². The Morgan fingerprint density at radius 3 is 2.44 bits per heavy atom. The molecule has 3 aliphatic rings. The molecule has 0 unspecified atom stereocenters. The van der Waals surface area contributed by atoms with Gasteiger partial charge in [-0.1, -0.05) is 43.2 Å². The third-order valence-electron chi connectivity index (χ3n) is 6.81. The van der Waals surface area contributed by atoms with Gasteiger partial charge in [-0.2, -0.15) is 0 Å². The normalized spacial score (nSPS) is 31.7. The lowest BCUT2D eigenvalue weighted by atomic mass is 9.76. The molecule has 27 heavy (non-hydrogen) atoms. The van der Waals surface area contributed by atoms with Crippen LogP contribution in [0.5, 0.6) is 0 Å². The first kappa shape index (κ1) is 18.5. The van der Waals surface area contributed by atoms with Crippen LogP contribution in [0.25, 0.3) is 0 Å². The number of carbonyl (C=O) groups excluding carboxylic acids is 2. The molecule has 1 N–H and O–H groups in total. The summed E-state index contributed by atoms with van der Waals surface area (Å²) in [4.78, 5) is 30.0. The molecular weight excluding hydrogens is 338 g/mol. The lowest BCUT2D eigenvalue weighted by molar-refractivity contribution is -0.137. The SMILES string of the molecule is CC(=O)N[C@@]12CN(C)CC[C@@H]1[C@@H](c1ccccc1)N(C(=O)C1CCCC1)C2. The first-order valence-electron chi connectivity index (χ1n) is 10.3. The number of rotatable bonds is 3. The summed E-state index contributed by atoms with van der Waals surface area (Å²) in [5.41, 5.74) is 0.846. The minimum atomic E-state index is -0.354. The van der Waals surface area contributed by atoms with E-state index in [9.17, 15) is 9.59 Å². The lowest BCUT2D eigenvalue weighted by Crippen LogP contribution is -2.63. The molecule has 5 nitrogen and oxygen atoms in total. The minimum Gasteiger partial charge on any atom is -0.347 e. The highest BCUT2D eigenvalue weighted by atomic mass is 16.2. The van der Waals surface area contributed by atoms with Crippen LogP contribution in [-0.4, -0.2) is 53.8 Å². The van der Waals surface area contributed by atoms with E-state index in [0.29, 0.717) is 12.5 Å². The summed E-state index contributed by atoms with van der Waals surface area (Å²) in [6.45, 7) is 4.02. The summed E-state index contributed by atoms with van der Waals surface area (Å²) in [6, 6.07) is 10.5. The van der Waals surface area contributed by atoms with Gasteiger partial charge in [0.1, 0.15) is 0 Å². The minimum absolute atomic E-state index is 0.00252.